The lowest BCUT2D eigenvalue weighted by Crippen LogP contribution is -2.41. The van der Waals surface area contributed by atoms with Crippen molar-refractivity contribution in [2.24, 2.45) is 5.73 Å². The van der Waals surface area contributed by atoms with Crippen LogP contribution in [-0.4, -0.2) is 31.2 Å². The molecule has 0 unspecified atom stereocenters. The number of nitrogens with two attached hydrogens (primary N) is 1. The van der Waals surface area contributed by atoms with Gasteiger partial charge in [0.15, 0.2) is 6.29 Å². The van der Waals surface area contributed by atoms with Crippen molar-refractivity contribution in [2.45, 2.75) is 38.9 Å². The second-order valence-electron chi connectivity index (χ2n) is 6.52. The van der Waals surface area contributed by atoms with Crippen LogP contribution in [0.4, 0.5) is 8.78 Å². The van der Waals surface area contributed by atoms with E-state index in [4.69, 9.17) is 15.0 Å². The van der Waals surface area contributed by atoms with Gasteiger partial charge < -0.3 is 15.0 Å². The third-order valence-corrected chi connectivity index (χ3v) is 4.38. The normalized spacial score (nSPS) is 20.0. The lowest BCUT2D eigenvalue weighted by Gasteiger charge is -2.32. The maximum Gasteiger partial charge on any atom is 0.491 e. The minimum Gasteiger partial charge on any atom is -0.400 e. The molecule has 7 heteroatoms. The van der Waals surface area contributed by atoms with E-state index in [-0.39, 0.29) is 24.0 Å². The van der Waals surface area contributed by atoms with Gasteiger partial charge in [0.2, 0.25) is 0 Å². The van der Waals surface area contributed by atoms with Gasteiger partial charge in [0.05, 0.1) is 16.8 Å². The van der Waals surface area contributed by atoms with Gasteiger partial charge in [-0.25, -0.2) is 8.78 Å². The molecule has 0 bridgehead atoms. The molecule has 1 saturated heterocycles. The molecule has 1 aliphatic rings. The Morgan fingerprint density at radius 3 is 2.09 bits per heavy atom. The van der Waals surface area contributed by atoms with E-state index < -0.39 is 30.0 Å². The van der Waals surface area contributed by atoms with E-state index in [0.717, 1.165) is 12.1 Å². The lowest BCUT2D eigenvalue weighted by molar-refractivity contribution is 0.00578. The Kier molecular flexibility index (Phi) is 4.75. The van der Waals surface area contributed by atoms with Crippen molar-refractivity contribution in [1.82, 2.24) is 0 Å². The third-order valence-electron chi connectivity index (χ3n) is 4.38. The van der Waals surface area contributed by atoms with Crippen molar-refractivity contribution in [3.63, 3.8) is 0 Å². The smallest absolute Gasteiger partial charge is 0.400 e. The lowest BCUT2D eigenvalue weighted by atomic mass is 9.77. The molecule has 1 heterocycles. The predicted octanol–water partition coefficient (Wildman–Crippen LogP) is 2.75. The Hall–Kier alpha value is -1.57. The van der Waals surface area contributed by atoms with Crippen molar-refractivity contribution in [2.75, 3.05) is 6.54 Å². The summed E-state index contributed by atoms with van der Waals surface area (Å²) in [5.41, 5.74) is 4.75. The van der Waals surface area contributed by atoms with Crippen molar-refractivity contribution in [1.29, 1.82) is 0 Å². The summed E-state index contributed by atoms with van der Waals surface area (Å²) in [6.45, 7) is 7.62. The number of carbonyl (C=O) groups excluding carboxylic acids is 1. The van der Waals surface area contributed by atoms with Crippen LogP contribution < -0.4 is 5.73 Å². The van der Waals surface area contributed by atoms with Gasteiger partial charge in [-0.15, -0.1) is 0 Å². The van der Waals surface area contributed by atoms with Gasteiger partial charge in [-0.2, -0.15) is 0 Å². The number of carbonyl (C=O) groups is 1. The predicted molar refractivity (Wildman–Crippen MR) is 84.9 cm³/mol. The summed E-state index contributed by atoms with van der Waals surface area (Å²) >= 11 is 0. The molecule has 1 aromatic carbocycles. The molecule has 1 fully saturated rings. The van der Waals surface area contributed by atoms with Gasteiger partial charge in [0.25, 0.3) is 0 Å². The minimum atomic E-state index is -0.794. The molecule has 2 N–H and O–H groups in total. The minimum absolute atomic E-state index is 0.0109. The molecule has 0 aliphatic carbocycles. The zero-order valence-electron chi connectivity index (χ0n) is 13.7. The first-order valence-electron chi connectivity index (χ1n) is 7.31. The van der Waals surface area contributed by atoms with Crippen LogP contribution in [0, 0.1) is 11.6 Å². The van der Waals surface area contributed by atoms with Crippen LogP contribution >= 0.6 is 0 Å². The summed E-state index contributed by atoms with van der Waals surface area (Å²) < 4.78 is 39.4. The van der Waals surface area contributed by atoms with Gasteiger partial charge in [-0.05, 0) is 45.3 Å². The van der Waals surface area contributed by atoms with Crippen LogP contribution in [-0.2, 0) is 9.31 Å². The Balaban J connectivity index is 2.37. The standard InChI is InChI=1S/C16H20BF2NO3/c1-15(2)16(3,4)23-17(22-15)12(8-20)5-10-6-14(19)11(9-21)7-13(10)18/h5-7,9H,8,20H2,1-4H3. The largest absolute Gasteiger partial charge is 0.491 e. The quantitative estimate of drug-likeness (QED) is 0.684. The van der Waals surface area contributed by atoms with Gasteiger partial charge >= 0.3 is 7.12 Å². The fraction of sp³-hybridized carbons (Fsp3) is 0.438. The molecule has 4 nitrogen and oxygen atoms in total. The van der Waals surface area contributed by atoms with E-state index in [1.165, 1.54) is 6.08 Å². The maximum atomic E-state index is 14.0. The van der Waals surface area contributed by atoms with Crippen LogP contribution in [0.25, 0.3) is 6.08 Å². The number of aldehydes is 1. The fourth-order valence-corrected chi connectivity index (χ4v) is 2.20. The summed E-state index contributed by atoms with van der Waals surface area (Å²) in [4.78, 5) is 10.6. The summed E-state index contributed by atoms with van der Waals surface area (Å²) in [7, 11) is -0.738. The molecule has 2 rings (SSSR count). The molecule has 0 saturated carbocycles. The molecule has 124 valence electrons. The Morgan fingerprint density at radius 1 is 1.13 bits per heavy atom. The molecule has 1 aliphatic heterocycles. The highest BCUT2D eigenvalue weighted by atomic mass is 19.1. The van der Waals surface area contributed by atoms with Crippen LogP contribution in [0.1, 0.15) is 43.6 Å². The van der Waals surface area contributed by atoms with Crippen LogP contribution in [0.5, 0.6) is 0 Å². The molecule has 23 heavy (non-hydrogen) atoms. The molecule has 0 aromatic heterocycles. The Bertz CT molecular complexity index is 643. The van der Waals surface area contributed by atoms with Crippen molar-refractivity contribution >= 4 is 19.5 Å². The zero-order chi connectivity index (χ0) is 17.4. The van der Waals surface area contributed by atoms with Gasteiger partial charge in [-0.1, -0.05) is 6.08 Å². The van der Waals surface area contributed by atoms with E-state index >= 15 is 0 Å². The maximum absolute atomic E-state index is 14.0. The van der Waals surface area contributed by atoms with Crippen molar-refractivity contribution in [3.8, 4) is 0 Å². The van der Waals surface area contributed by atoms with Gasteiger partial charge in [-0.3, -0.25) is 4.79 Å². The van der Waals surface area contributed by atoms with Crippen LogP contribution in [0.15, 0.2) is 17.6 Å². The van der Waals surface area contributed by atoms with Crippen LogP contribution in [0.3, 0.4) is 0 Å². The summed E-state index contributed by atoms with van der Waals surface area (Å²) in [6, 6.07) is 1.81. The van der Waals surface area contributed by atoms with E-state index in [1.54, 1.807) is 0 Å². The van der Waals surface area contributed by atoms with Crippen molar-refractivity contribution in [3.05, 3.63) is 40.4 Å². The number of hydrogen-bond acceptors (Lipinski definition) is 4. The van der Waals surface area contributed by atoms with Gasteiger partial charge in [0.1, 0.15) is 11.6 Å². The van der Waals surface area contributed by atoms with E-state index in [1.807, 2.05) is 27.7 Å². The van der Waals surface area contributed by atoms with E-state index in [9.17, 15) is 13.6 Å². The highest BCUT2D eigenvalue weighted by molar-refractivity contribution is 6.55. The second kappa shape index (κ2) is 6.15. The first kappa shape index (κ1) is 17.8. The molecule has 0 atom stereocenters. The van der Waals surface area contributed by atoms with E-state index in [2.05, 4.69) is 0 Å². The average molecular weight is 323 g/mol. The van der Waals surface area contributed by atoms with Crippen LogP contribution in [0.2, 0.25) is 0 Å². The fourth-order valence-electron chi connectivity index (χ4n) is 2.20. The summed E-state index contributed by atoms with van der Waals surface area (Å²) in [5.74, 6) is -1.51. The third kappa shape index (κ3) is 3.36. The first-order valence-corrected chi connectivity index (χ1v) is 7.31. The zero-order valence-corrected chi connectivity index (χ0v) is 13.7. The molecular weight excluding hydrogens is 303 g/mol. The first-order chi connectivity index (χ1) is 10.6. The monoisotopic (exact) mass is 323 g/mol. The number of rotatable bonds is 4. The Morgan fingerprint density at radius 2 is 1.61 bits per heavy atom. The number of benzene rings is 1. The van der Waals surface area contributed by atoms with Crippen molar-refractivity contribution < 1.29 is 22.9 Å². The molecule has 1 aromatic rings. The topological polar surface area (TPSA) is 61.5 Å². The molecular formula is C16H20BF2NO3. The molecule has 0 amide bonds. The van der Waals surface area contributed by atoms with E-state index in [0.29, 0.717) is 5.47 Å². The molecule has 0 radical (unpaired) electrons. The Labute approximate surface area is 134 Å². The summed E-state index contributed by atoms with van der Waals surface area (Å²) in [6.07, 6.45) is 1.67. The highest BCUT2D eigenvalue weighted by Gasteiger charge is 2.52. The number of halogens is 2. The number of hydrogen-bond donors (Lipinski definition) is 1. The SMILES string of the molecule is CC1(C)OB(C(=Cc2cc(F)c(C=O)cc2F)CN)OC1(C)C. The second-order valence-corrected chi connectivity index (χ2v) is 6.52. The highest BCUT2D eigenvalue weighted by Crippen LogP contribution is 2.38. The van der Waals surface area contributed by atoms with Gasteiger partial charge in [0, 0.05) is 12.1 Å². The average Bonchev–Trinajstić information content (AvgIpc) is 2.67. The molecule has 0 spiro atoms. The summed E-state index contributed by atoms with van der Waals surface area (Å²) in [5, 5.41) is 0.